The Hall–Kier alpha value is -1.06. The summed E-state index contributed by atoms with van der Waals surface area (Å²) in [7, 11) is -4.39. The molecule has 0 aliphatic heterocycles. The lowest BCUT2D eigenvalue weighted by atomic mass is 10.0. The number of phosphoric ester groups is 1. The predicted molar refractivity (Wildman–Crippen MR) is 186 cm³/mol. The van der Waals surface area contributed by atoms with E-state index in [9.17, 15) is 24.5 Å². The maximum Gasteiger partial charge on any atom is 0.472 e. The minimum atomic E-state index is -4.39. The van der Waals surface area contributed by atoms with Gasteiger partial charge in [0.1, 0.15) is 0 Å². The van der Waals surface area contributed by atoms with E-state index in [0.29, 0.717) is 12.8 Å². The molecule has 10 heteroatoms. The van der Waals surface area contributed by atoms with Crippen LogP contribution in [0.15, 0.2) is 24.3 Å². The molecule has 0 heterocycles. The maximum atomic E-state index is 12.7. The van der Waals surface area contributed by atoms with E-state index in [1.165, 1.54) is 89.9 Å². The molecule has 9 nitrogen and oxygen atoms in total. The quantitative estimate of drug-likeness (QED) is 0.0270. The molecule has 4 unspecified atom stereocenters. The third-order valence-corrected chi connectivity index (χ3v) is 8.82. The van der Waals surface area contributed by atoms with Crippen LogP contribution in [-0.4, -0.2) is 59.0 Å². The molecule has 266 valence electrons. The predicted octanol–water partition coefficient (Wildman–Crippen LogP) is 8.02. The molecule has 0 rings (SSSR count). The summed E-state index contributed by atoms with van der Waals surface area (Å²) in [5.41, 5.74) is 5.33. The summed E-state index contributed by atoms with van der Waals surface area (Å²) < 4.78 is 21.9. The number of carbonyl (C=O) groups excluding carboxylic acids is 1. The molecule has 0 aliphatic carbocycles. The zero-order valence-electron chi connectivity index (χ0n) is 28.7. The highest BCUT2D eigenvalue weighted by molar-refractivity contribution is 7.47. The van der Waals surface area contributed by atoms with Crippen LogP contribution in [0.3, 0.4) is 0 Å². The van der Waals surface area contributed by atoms with Crippen LogP contribution in [-0.2, 0) is 18.4 Å². The smallest absolute Gasteiger partial charge is 0.393 e. The number of allylic oxidation sites excluding steroid dienone is 3. The molecule has 0 saturated carbocycles. The molecule has 0 bridgehead atoms. The summed E-state index contributed by atoms with van der Waals surface area (Å²) in [6, 6.07) is -0.992. The Morgan fingerprint density at radius 2 is 1.27 bits per heavy atom. The van der Waals surface area contributed by atoms with Crippen molar-refractivity contribution in [3.05, 3.63) is 24.3 Å². The summed E-state index contributed by atoms with van der Waals surface area (Å²) in [4.78, 5) is 22.6. The van der Waals surface area contributed by atoms with Crippen LogP contribution < -0.4 is 11.1 Å². The van der Waals surface area contributed by atoms with Crippen LogP contribution in [0.25, 0.3) is 0 Å². The number of phosphoric acid groups is 1. The zero-order valence-corrected chi connectivity index (χ0v) is 29.6. The monoisotopic (exact) mass is 660 g/mol. The highest BCUT2D eigenvalue weighted by Gasteiger charge is 2.27. The number of hydrogen-bond acceptors (Lipinski definition) is 7. The largest absolute Gasteiger partial charge is 0.472 e. The first kappa shape index (κ1) is 43.9. The molecule has 6 N–H and O–H groups in total. The third-order valence-electron chi connectivity index (χ3n) is 7.83. The number of nitrogens with two attached hydrogens (primary N) is 1. The van der Waals surface area contributed by atoms with Gasteiger partial charge < -0.3 is 26.2 Å². The van der Waals surface area contributed by atoms with Gasteiger partial charge in [-0.1, -0.05) is 141 Å². The lowest BCUT2D eigenvalue weighted by Crippen LogP contribution is -2.46. The molecule has 0 spiro atoms. The minimum Gasteiger partial charge on any atom is -0.393 e. The molecular formula is C35H69N2O7P. The van der Waals surface area contributed by atoms with E-state index in [1.807, 2.05) is 6.08 Å². The van der Waals surface area contributed by atoms with Gasteiger partial charge in [0, 0.05) is 6.54 Å². The number of amides is 1. The van der Waals surface area contributed by atoms with Gasteiger partial charge in [-0.2, -0.15) is 0 Å². The van der Waals surface area contributed by atoms with E-state index < -0.39 is 38.6 Å². The van der Waals surface area contributed by atoms with E-state index in [-0.39, 0.29) is 19.6 Å². The summed E-state index contributed by atoms with van der Waals surface area (Å²) in [5, 5.41) is 23.8. The van der Waals surface area contributed by atoms with E-state index in [4.69, 9.17) is 14.8 Å². The average Bonchev–Trinajstić information content (AvgIpc) is 3.01. The standard InChI is InChI=1S/C35H69N2O7P/c1-3-5-7-9-11-13-15-17-19-21-23-25-27-34(39)33(31-44-45(41,42)43-29-28-36)37-35(40)30-32(38)26-24-22-20-18-16-14-12-10-8-6-4-2/h17,19,25,27,32-34,38-39H,3-16,18,20-24,26,28-31,36H2,1-2H3,(H,37,40)(H,41,42)/b19-17+,27-25+. The fourth-order valence-electron chi connectivity index (χ4n) is 5.07. The van der Waals surface area contributed by atoms with Crippen LogP contribution in [0, 0.1) is 0 Å². The van der Waals surface area contributed by atoms with Gasteiger partial charge in [0.05, 0.1) is 37.9 Å². The van der Waals surface area contributed by atoms with Crippen molar-refractivity contribution in [2.75, 3.05) is 19.8 Å². The first-order valence-corrected chi connectivity index (χ1v) is 19.5. The van der Waals surface area contributed by atoms with Gasteiger partial charge >= 0.3 is 7.82 Å². The van der Waals surface area contributed by atoms with Crippen molar-refractivity contribution in [3.8, 4) is 0 Å². The Kier molecular flexibility index (Phi) is 30.8. The Labute approximate surface area is 275 Å². The van der Waals surface area contributed by atoms with Crippen LogP contribution in [0.1, 0.15) is 155 Å². The van der Waals surface area contributed by atoms with Crippen LogP contribution in [0.4, 0.5) is 0 Å². The minimum absolute atomic E-state index is 0.0455. The summed E-state index contributed by atoms with van der Waals surface area (Å²) in [6.07, 6.45) is 29.8. The Morgan fingerprint density at radius 1 is 0.756 bits per heavy atom. The highest BCUT2D eigenvalue weighted by atomic mass is 31.2. The molecule has 4 atom stereocenters. The van der Waals surface area contributed by atoms with Crippen LogP contribution in [0.5, 0.6) is 0 Å². The lowest BCUT2D eigenvalue weighted by Gasteiger charge is -2.24. The van der Waals surface area contributed by atoms with Gasteiger partial charge in [-0.15, -0.1) is 0 Å². The molecule has 0 radical (unpaired) electrons. The Balaban J connectivity index is 4.54. The molecule has 1 amide bonds. The second-order valence-electron chi connectivity index (χ2n) is 12.3. The fraction of sp³-hybridized carbons (Fsp3) is 0.857. The van der Waals surface area contributed by atoms with Gasteiger partial charge in [0.25, 0.3) is 0 Å². The molecule has 0 fully saturated rings. The molecule has 0 aromatic carbocycles. The number of unbranched alkanes of at least 4 members (excludes halogenated alkanes) is 17. The van der Waals surface area contributed by atoms with Crippen LogP contribution >= 0.6 is 7.82 Å². The number of rotatable bonds is 33. The molecule has 45 heavy (non-hydrogen) atoms. The first-order valence-electron chi connectivity index (χ1n) is 18.0. The van der Waals surface area contributed by atoms with Crippen molar-refractivity contribution in [2.24, 2.45) is 5.73 Å². The summed E-state index contributed by atoms with van der Waals surface area (Å²) in [5.74, 6) is -0.458. The van der Waals surface area contributed by atoms with Gasteiger partial charge in [-0.25, -0.2) is 4.57 Å². The number of aliphatic hydroxyl groups is 2. The molecule has 0 saturated heterocycles. The zero-order chi connectivity index (χ0) is 33.4. The van der Waals surface area contributed by atoms with E-state index in [2.05, 4.69) is 31.3 Å². The molecule has 0 aliphatic rings. The van der Waals surface area contributed by atoms with E-state index >= 15 is 0 Å². The van der Waals surface area contributed by atoms with E-state index in [1.54, 1.807) is 6.08 Å². The Morgan fingerprint density at radius 3 is 1.84 bits per heavy atom. The Bertz CT molecular complexity index is 781. The highest BCUT2D eigenvalue weighted by Crippen LogP contribution is 2.43. The normalized spacial score (nSPS) is 15.4. The molecule has 0 aromatic rings. The van der Waals surface area contributed by atoms with Gasteiger partial charge in [0.2, 0.25) is 5.91 Å². The number of nitrogens with one attached hydrogen (secondary N) is 1. The SMILES string of the molecule is CCCCCCCC/C=C/CC/C=C/C(O)C(COP(=O)(O)OCCN)NC(=O)CC(O)CCCCCCCCCCCCC. The fourth-order valence-corrected chi connectivity index (χ4v) is 5.83. The van der Waals surface area contributed by atoms with Crippen molar-refractivity contribution in [2.45, 2.75) is 173 Å². The number of hydrogen-bond donors (Lipinski definition) is 5. The van der Waals surface area contributed by atoms with Crippen molar-refractivity contribution >= 4 is 13.7 Å². The second-order valence-corrected chi connectivity index (χ2v) is 13.7. The van der Waals surface area contributed by atoms with Gasteiger partial charge in [-0.3, -0.25) is 13.8 Å². The average molecular weight is 661 g/mol. The second kappa shape index (κ2) is 31.5. The number of aliphatic hydroxyl groups excluding tert-OH is 2. The first-order chi connectivity index (χ1) is 21.8. The van der Waals surface area contributed by atoms with Gasteiger partial charge in [-0.05, 0) is 32.1 Å². The van der Waals surface area contributed by atoms with Crippen molar-refractivity contribution in [1.82, 2.24) is 5.32 Å². The topological polar surface area (TPSA) is 151 Å². The summed E-state index contributed by atoms with van der Waals surface area (Å²) in [6.45, 7) is 3.90. The van der Waals surface area contributed by atoms with Gasteiger partial charge in [0.15, 0.2) is 0 Å². The van der Waals surface area contributed by atoms with E-state index in [0.717, 1.165) is 32.1 Å². The molecular weight excluding hydrogens is 591 g/mol. The summed E-state index contributed by atoms with van der Waals surface area (Å²) >= 11 is 0. The van der Waals surface area contributed by atoms with Crippen molar-refractivity contribution in [3.63, 3.8) is 0 Å². The third kappa shape index (κ3) is 30.0. The maximum absolute atomic E-state index is 12.7. The van der Waals surface area contributed by atoms with Crippen molar-refractivity contribution < 1.29 is 33.5 Å². The van der Waals surface area contributed by atoms with Crippen molar-refractivity contribution in [1.29, 1.82) is 0 Å². The number of carbonyl (C=O) groups is 1. The molecule has 0 aromatic heterocycles. The van der Waals surface area contributed by atoms with Crippen LogP contribution in [0.2, 0.25) is 0 Å². The lowest BCUT2D eigenvalue weighted by molar-refractivity contribution is -0.124.